The standard InChI is InChI=1S/C12H7BrO4S2/c13-8-5-6-11-12(7-8)19(16,17)10-4-2-1-3-9(10)18(11,14)15/h1-7H. The van der Waals surface area contributed by atoms with Gasteiger partial charge in [-0.3, -0.25) is 0 Å². The average Bonchev–Trinajstić information content (AvgIpc) is 2.37. The summed E-state index contributed by atoms with van der Waals surface area (Å²) in [6, 6.07) is 9.78. The Hall–Kier alpha value is -1.18. The van der Waals surface area contributed by atoms with Crippen LogP contribution in [0.3, 0.4) is 0 Å². The quantitative estimate of drug-likeness (QED) is 0.618. The van der Waals surface area contributed by atoms with E-state index in [0.717, 1.165) is 0 Å². The Morgan fingerprint density at radius 1 is 0.684 bits per heavy atom. The molecule has 2 aromatic rings. The summed E-state index contributed by atoms with van der Waals surface area (Å²) in [5.41, 5.74) is 0. The molecule has 0 aliphatic carbocycles. The van der Waals surface area contributed by atoms with E-state index in [0.29, 0.717) is 4.47 Å². The fourth-order valence-electron chi connectivity index (χ4n) is 2.05. The number of rotatable bonds is 0. The third-order valence-electron chi connectivity index (χ3n) is 2.91. The van der Waals surface area contributed by atoms with Crippen LogP contribution in [-0.2, 0) is 19.7 Å². The van der Waals surface area contributed by atoms with E-state index >= 15 is 0 Å². The lowest BCUT2D eigenvalue weighted by Gasteiger charge is -2.19. The first-order valence-corrected chi connectivity index (χ1v) is 9.00. The summed E-state index contributed by atoms with van der Waals surface area (Å²) in [5.74, 6) is 0. The van der Waals surface area contributed by atoms with Gasteiger partial charge < -0.3 is 0 Å². The molecule has 0 amide bonds. The maximum Gasteiger partial charge on any atom is 0.209 e. The molecule has 0 saturated heterocycles. The van der Waals surface area contributed by atoms with Crippen LogP contribution in [0, 0.1) is 0 Å². The van der Waals surface area contributed by atoms with Gasteiger partial charge >= 0.3 is 0 Å². The summed E-state index contributed by atoms with van der Waals surface area (Å²) in [5, 5.41) is 0. The van der Waals surface area contributed by atoms with Gasteiger partial charge in [-0.15, -0.1) is 0 Å². The predicted octanol–water partition coefficient (Wildman–Crippen LogP) is 2.43. The normalized spacial score (nSPS) is 18.4. The molecule has 0 fully saturated rings. The van der Waals surface area contributed by atoms with Crippen LogP contribution in [0.25, 0.3) is 0 Å². The first-order valence-electron chi connectivity index (χ1n) is 5.24. The maximum absolute atomic E-state index is 12.5. The van der Waals surface area contributed by atoms with E-state index in [1.165, 1.54) is 42.5 Å². The molecule has 0 bridgehead atoms. The zero-order valence-corrected chi connectivity index (χ0v) is 12.6. The van der Waals surface area contributed by atoms with Crippen molar-refractivity contribution in [1.82, 2.24) is 0 Å². The molecule has 1 aliphatic heterocycles. The van der Waals surface area contributed by atoms with Gasteiger partial charge in [0.2, 0.25) is 19.7 Å². The van der Waals surface area contributed by atoms with Crippen molar-refractivity contribution in [2.45, 2.75) is 19.6 Å². The zero-order valence-electron chi connectivity index (χ0n) is 9.37. The molecule has 0 unspecified atom stereocenters. The SMILES string of the molecule is O=S1(=O)c2ccccc2S(=O)(=O)c2cc(Br)ccc21. The monoisotopic (exact) mass is 358 g/mol. The number of halogens is 1. The van der Waals surface area contributed by atoms with Gasteiger partial charge in [0.05, 0.1) is 19.6 Å². The second kappa shape index (κ2) is 3.91. The van der Waals surface area contributed by atoms with Crippen LogP contribution in [0.2, 0.25) is 0 Å². The summed E-state index contributed by atoms with van der Waals surface area (Å²) in [6.45, 7) is 0. The molecule has 4 nitrogen and oxygen atoms in total. The second-order valence-electron chi connectivity index (χ2n) is 4.04. The van der Waals surface area contributed by atoms with Crippen molar-refractivity contribution in [3.8, 4) is 0 Å². The number of benzene rings is 2. The molecule has 3 rings (SSSR count). The van der Waals surface area contributed by atoms with E-state index in [9.17, 15) is 16.8 Å². The Bertz CT molecular complexity index is 899. The molecule has 0 atom stereocenters. The summed E-state index contributed by atoms with van der Waals surface area (Å²) < 4.78 is 50.2. The number of hydrogen-bond acceptors (Lipinski definition) is 4. The predicted molar refractivity (Wildman–Crippen MR) is 71.5 cm³/mol. The van der Waals surface area contributed by atoms with E-state index in [4.69, 9.17) is 0 Å². The minimum Gasteiger partial charge on any atom is -0.218 e. The fourth-order valence-corrected chi connectivity index (χ4v) is 6.72. The van der Waals surface area contributed by atoms with Crippen LogP contribution in [0.1, 0.15) is 0 Å². The van der Waals surface area contributed by atoms with E-state index in [2.05, 4.69) is 15.9 Å². The molecule has 0 spiro atoms. The lowest BCUT2D eigenvalue weighted by Crippen LogP contribution is -2.19. The van der Waals surface area contributed by atoms with Crippen molar-refractivity contribution in [2.75, 3.05) is 0 Å². The highest BCUT2D eigenvalue weighted by atomic mass is 79.9. The highest BCUT2D eigenvalue weighted by molar-refractivity contribution is 9.10. The topological polar surface area (TPSA) is 68.3 Å². The minimum atomic E-state index is -3.80. The van der Waals surface area contributed by atoms with Gasteiger partial charge in [-0.25, -0.2) is 16.8 Å². The second-order valence-corrected chi connectivity index (χ2v) is 8.73. The van der Waals surface area contributed by atoms with E-state index in [1.54, 1.807) is 0 Å². The van der Waals surface area contributed by atoms with Gasteiger partial charge in [-0.1, -0.05) is 28.1 Å². The van der Waals surface area contributed by atoms with E-state index in [1.807, 2.05) is 0 Å². The van der Waals surface area contributed by atoms with Crippen LogP contribution >= 0.6 is 15.9 Å². The highest BCUT2D eigenvalue weighted by Gasteiger charge is 2.38. The van der Waals surface area contributed by atoms with Gasteiger partial charge in [-0.05, 0) is 30.3 Å². The van der Waals surface area contributed by atoms with Crippen molar-refractivity contribution in [1.29, 1.82) is 0 Å². The Morgan fingerprint density at radius 2 is 1.16 bits per heavy atom. The Morgan fingerprint density at radius 3 is 1.74 bits per heavy atom. The van der Waals surface area contributed by atoms with E-state index in [-0.39, 0.29) is 19.6 Å². The molecule has 0 N–H and O–H groups in total. The summed E-state index contributed by atoms with van der Waals surface area (Å²) in [7, 11) is -7.59. The summed E-state index contributed by atoms with van der Waals surface area (Å²) in [4.78, 5) is -0.680. The third-order valence-corrected chi connectivity index (χ3v) is 7.39. The Balaban J connectivity index is 2.56. The Labute approximate surface area is 119 Å². The van der Waals surface area contributed by atoms with Crippen LogP contribution < -0.4 is 0 Å². The van der Waals surface area contributed by atoms with Gasteiger partial charge in [0.15, 0.2) is 0 Å². The maximum atomic E-state index is 12.5. The molecular weight excluding hydrogens is 352 g/mol. The van der Waals surface area contributed by atoms with Crippen molar-refractivity contribution < 1.29 is 16.8 Å². The first kappa shape index (κ1) is 12.8. The fraction of sp³-hybridized carbons (Fsp3) is 0. The van der Waals surface area contributed by atoms with Gasteiger partial charge in [0.1, 0.15) is 0 Å². The Kier molecular flexibility index (Phi) is 2.64. The zero-order chi connectivity index (χ0) is 13.8. The first-order chi connectivity index (χ1) is 8.85. The number of fused-ring (bicyclic) bond motifs is 2. The summed E-state index contributed by atoms with van der Waals surface area (Å²) >= 11 is 3.16. The molecule has 19 heavy (non-hydrogen) atoms. The van der Waals surface area contributed by atoms with Gasteiger partial charge in [0.25, 0.3) is 0 Å². The largest absolute Gasteiger partial charge is 0.218 e. The van der Waals surface area contributed by atoms with Crippen LogP contribution in [0.5, 0.6) is 0 Å². The van der Waals surface area contributed by atoms with Crippen LogP contribution in [-0.4, -0.2) is 16.8 Å². The van der Waals surface area contributed by atoms with Crippen LogP contribution in [0.4, 0.5) is 0 Å². The average molecular weight is 359 g/mol. The van der Waals surface area contributed by atoms with Gasteiger partial charge in [0, 0.05) is 4.47 Å². The van der Waals surface area contributed by atoms with E-state index < -0.39 is 19.7 Å². The van der Waals surface area contributed by atoms with Crippen molar-refractivity contribution in [2.24, 2.45) is 0 Å². The molecule has 0 radical (unpaired) electrons. The lowest BCUT2D eigenvalue weighted by molar-refractivity contribution is 0.570. The number of hydrogen-bond donors (Lipinski definition) is 0. The molecule has 0 aromatic heterocycles. The molecule has 1 heterocycles. The van der Waals surface area contributed by atoms with Gasteiger partial charge in [-0.2, -0.15) is 0 Å². The van der Waals surface area contributed by atoms with Crippen LogP contribution in [0.15, 0.2) is 66.5 Å². The number of sulfone groups is 2. The molecule has 7 heteroatoms. The molecular formula is C12H7BrO4S2. The highest BCUT2D eigenvalue weighted by Crippen LogP contribution is 2.40. The summed E-state index contributed by atoms with van der Waals surface area (Å²) in [6.07, 6.45) is 0. The third kappa shape index (κ3) is 1.69. The van der Waals surface area contributed by atoms with Crippen molar-refractivity contribution >= 4 is 35.6 Å². The molecule has 0 saturated carbocycles. The molecule has 98 valence electrons. The van der Waals surface area contributed by atoms with Crippen molar-refractivity contribution in [3.63, 3.8) is 0 Å². The molecule has 1 aliphatic rings. The molecule has 2 aromatic carbocycles. The smallest absolute Gasteiger partial charge is 0.209 e. The lowest BCUT2D eigenvalue weighted by atomic mass is 10.3. The minimum absolute atomic E-state index is 0.162. The van der Waals surface area contributed by atoms with Crippen molar-refractivity contribution in [3.05, 3.63) is 46.9 Å².